The van der Waals surface area contributed by atoms with Crippen LogP contribution in [0.4, 0.5) is 0 Å². The summed E-state index contributed by atoms with van der Waals surface area (Å²) in [6, 6.07) is 6.53. The van der Waals surface area contributed by atoms with E-state index in [4.69, 9.17) is 9.47 Å². The Morgan fingerprint density at radius 2 is 2.16 bits per heavy atom. The highest BCUT2D eigenvalue weighted by molar-refractivity contribution is 5.50. The summed E-state index contributed by atoms with van der Waals surface area (Å²) in [5.74, 6) is 1.79. The molecule has 106 valence electrons. The first kappa shape index (κ1) is 14.2. The van der Waals surface area contributed by atoms with E-state index in [1.54, 1.807) is 0 Å². The molecular weight excluding hydrogens is 238 g/mol. The Balaban J connectivity index is 2.35. The minimum Gasteiger partial charge on any atom is -0.490 e. The van der Waals surface area contributed by atoms with Crippen molar-refractivity contribution in [3.05, 3.63) is 23.8 Å². The van der Waals surface area contributed by atoms with Crippen LogP contribution in [0.3, 0.4) is 0 Å². The van der Waals surface area contributed by atoms with Crippen molar-refractivity contribution in [2.24, 2.45) is 0 Å². The maximum absolute atomic E-state index is 6.16. The third kappa shape index (κ3) is 3.21. The van der Waals surface area contributed by atoms with Crippen LogP contribution in [0.2, 0.25) is 0 Å². The van der Waals surface area contributed by atoms with Gasteiger partial charge >= 0.3 is 0 Å². The molecule has 0 bridgehead atoms. The Hall–Kier alpha value is -1.22. The van der Waals surface area contributed by atoms with Gasteiger partial charge in [0.1, 0.15) is 5.60 Å². The van der Waals surface area contributed by atoms with Crippen molar-refractivity contribution >= 4 is 0 Å². The number of benzene rings is 1. The van der Waals surface area contributed by atoms with E-state index in [-0.39, 0.29) is 5.60 Å². The molecule has 1 aliphatic rings. The summed E-state index contributed by atoms with van der Waals surface area (Å²) in [6.45, 7) is 10.2. The van der Waals surface area contributed by atoms with Crippen LogP contribution in [0, 0.1) is 0 Å². The molecule has 1 aromatic carbocycles. The molecule has 0 fully saturated rings. The average molecular weight is 263 g/mol. The lowest BCUT2D eigenvalue weighted by Crippen LogP contribution is -2.39. The van der Waals surface area contributed by atoms with E-state index < -0.39 is 0 Å². The van der Waals surface area contributed by atoms with Gasteiger partial charge < -0.3 is 14.8 Å². The molecule has 0 amide bonds. The normalized spacial score (nSPS) is 20.5. The van der Waals surface area contributed by atoms with Gasteiger partial charge in [-0.3, -0.25) is 0 Å². The zero-order valence-corrected chi connectivity index (χ0v) is 12.5. The number of hydrogen-bond donors (Lipinski definition) is 1. The van der Waals surface area contributed by atoms with Crippen LogP contribution in [-0.4, -0.2) is 18.8 Å². The lowest BCUT2D eigenvalue weighted by Gasteiger charge is -2.38. The van der Waals surface area contributed by atoms with E-state index in [0.29, 0.717) is 6.04 Å². The van der Waals surface area contributed by atoms with Crippen molar-refractivity contribution < 1.29 is 9.47 Å². The number of nitrogens with one attached hydrogen (secondary N) is 1. The Kier molecular flexibility index (Phi) is 4.35. The second-order valence-electron chi connectivity index (χ2n) is 5.70. The van der Waals surface area contributed by atoms with Crippen LogP contribution in [0.1, 0.15) is 52.1 Å². The van der Waals surface area contributed by atoms with Crippen LogP contribution in [0.15, 0.2) is 18.2 Å². The molecule has 1 N–H and O–H groups in total. The molecule has 2 rings (SSSR count). The predicted octanol–water partition coefficient (Wildman–Crippen LogP) is 3.69. The molecule has 3 nitrogen and oxygen atoms in total. The molecular formula is C16H25NO2. The third-order valence-electron chi connectivity index (χ3n) is 3.37. The molecule has 3 heteroatoms. The lowest BCUT2D eigenvalue weighted by molar-refractivity contribution is 0.0615. The van der Waals surface area contributed by atoms with E-state index in [1.165, 1.54) is 5.56 Å². The molecule has 1 atom stereocenters. The number of ether oxygens (including phenoxy) is 2. The van der Waals surface area contributed by atoms with E-state index in [2.05, 4.69) is 45.1 Å². The lowest BCUT2D eigenvalue weighted by atomic mass is 9.89. The van der Waals surface area contributed by atoms with Crippen molar-refractivity contribution in [2.75, 3.05) is 13.2 Å². The highest BCUT2D eigenvalue weighted by Gasteiger charge is 2.35. The fraction of sp³-hybridized carbons (Fsp3) is 0.625. The Morgan fingerprint density at radius 3 is 2.84 bits per heavy atom. The SMILES string of the molecule is CCCOc1cccc2c1OC(C)(C)CC2NCC. The fourth-order valence-electron chi connectivity index (χ4n) is 2.59. The molecule has 0 saturated heterocycles. The standard InChI is InChI=1S/C16H25NO2/c1-5-10-18-14-9-7-8-12-13(17-6-2)11-16(3,4)19-15(12)14/h7-9,13,17H,5-6,10-11H2,1-4H3. The van der Waals surface area contributed by atoms with Gasteiger partial charge in [0.2, 0.25) is 0 Å². The first-order valence-corrected chi connectivity index (χ1v) is 7.25. The minimum atomic E-state index is -0.161. The molecule has 0 saturated carbocycles. The first-order valence-electron chi connectivity index (χ1n) is 7.25. The van der Waals surface area contributed by atoms with Crippen molar-refractivity contribution in [3.63, 3.8) is 0 Å². The Bertz CT molecular complexity index is 429. The second-order valence-corrected chi connectivity index (χ2v) is 5.70. The van der Waals surface area contributed by atoms with Crippen LogP contribution >= 0.6 is 0 Å². The van der Waals surface area contributed by atoms with Gasteiger partial charge in [-0.25, -0.2) is 0 Å². The number of fused-ring (bicyclic) bond motifs is 1. The monoisotopic (exact) mass is 263 g/mol. The summed E-state index contributed by atoms with van der Waals surface area (Å²) >= 11 is 0. The van der Waals surface area contributed by atoms with E-state index in [9.17, 15) is 0 Å². The Labute approximate surface area is 116 Å². The summed E-state index contributed by atoms with van der Waals surface area (Å²) < 4.78 is 12.0. The number of rotatable bonds is 5. The molecule has 1 heterocycles. The van der Waals surface area contributed by atoms with Gasteiger partial charge in [-0.05, 0) is 32.9 Å². The third-order valence-corrected chi connectivity index (χ3v) is 3.37. The number of hydrogen-bond acceptors (Lipinski definition) is 3. The first-order chi connectivity index (χ1) is 9.07. The van der Waals surface area contributed by atoms with Gasteiger partial charge in [-0.2, -0.15) is 0 Å². The molecule has 0 radical (unpaired) electrons. The molecule has 19 heavy (non-hydrogen) atoms. The van der Waals surface area contributed by atoms with Crippen LogP contribution < -0.4 is 14.8 Å². The molecule has 1 aliphatic heterocycles. The topological polar surface area (TPSA) is 30.5 Å². The van der Waals surface area contributed by atoms with Gasteiger partial charge in [0.15, 0.2) is 11.5 Å². The highest BCUT2D eigenvalue weighted by Crippen LogP contribution is 2.44. The zero-order chi connectivity index (χ0) is 13.9. The zero-order valence-electron chi connectivity index (χ0n) is 12.5. The summed E-state index contributed by atoms with van der Waals surface area (Å²) in [7, 11) is 0. The largest absolute Gasteiger partial charge is 0.490 e. The van der Waals surface area contributed by atoms with Crippen LogP contribution in [-0.2, 0) is 0 Å². The minimum absolute atomic E-state index is 0.161. The smallest absolute Gasteiger partial charge is 0.166 e. The summed E-state index contributed by atoms with van der Waals surface area (Å²) in [6.07, 6.45) is 1.98. The summed E-state index contributed by atoms with van der Waals surface area (Å²) in [4.78, 5) is 0. The van der Waals surface area contributed by atoms with Gasteiger partial charge in [0.05, 0.1) is 6.61 Å². The van der Waals surface area contributed by atoms with E-state index in [1.807, 2.05) is 6.07 Å². The predicted molar refractivity (Wildman–Crippen MR) is 78.0 cm³/mol. The van der Waals surface area contributed by atoms with E-state index in [0.717, 1.165) is 37.5 Å². The van der Waals surface area contributed by atoms with Crippen molar-refractivity contribution in [2.45, 2.75) is 52.2 Å². The summed E-state index contributed by atoms with van der Waals surface area (Å²) in [5.41, 5.74) is 1.06. The van der Waals surface area contributed by atoms with Gasteiger partial charge in [-0.15, -0.1) is 0 Å². The maximum atomic E-state index is 6.16. The molecule has 1 unspecified atom stereocenters. The van der Waals surface area contributed by atoms with Crippen LogP contribution in [0.25, 0.3) is 0 Å². The fourth-order valence-corrected chi connectivity index (χ4v) is 2.59. The molecule has 0 aliphatic carbocycles. The number of para-hydroxylation sites is 1. The maximum Gasteiger partial charge on any atom is 0.166 e. The molecule has 0 aromatic heterocycles. The van der Waals surface area contributed by atoms with Crippen molar-refractivity contribution in [1.82, 2.24) is 5.32 Å². The Morgan fingerprint density at radius 1 is 1.37 bits per heavy atom. The summed E-state index contributed by atoms with van der Waals surface area (Å²) in [5, 5.41) is 3.54. The quantitative estimate of drug-likeness (QED) is 0.879. The van der Waals surface area contributed by atoms with Gasteiger partial charge in [0.25, 0.3) is 0 Å². The highest BCUT2D eigenvalue weighted by atomic mass is 16.5. The van der Waals surface area contributed by atoms with Crippen LogP contribution in [0.5, 0.6) is 11.5 Å². The molecule has 0 spiro atoms. The van der Waals surface area contributed by atoms with Crippen molar-refractivity contribution in [1.29, 1.82) is 0 Å². The van der Waals surface area contributed by atoms with Gasteiger partial charge in [0, 0.05) is 18.0 Å². The average Bonchev–Trinajstić information content (AvgIpc) is 2.35. The molecule has 1 aromatic rings. The second kappa shape index (κ2) is 5.83. The van der Waals surface area contributed by atoms with E-state index >= 15 is 0 Å². The van der Waals surface area contributed by atoms with Gasteiger partial charge in [-0.1, -0.05) is 26.0 Å². The van der Waals surface area contributed by atoms with Crippen molar-refractivity contribution in [3.8, 4) is 11.5 Å².